The molecule has 112 valence electrons. The first-order valence-electron chi connectivity index (χ1n) is 6.68. The molecule has 0 heterocycles. The molecule has 0 N–H and O–H groups in total. The van der Waals surface area contributed by atoms with Gasteiger partial charge in [0.15, 0.2) is 0 Å². The summed E-state index contributed by atoms with van der Waals surface area (Å²) in [4.78, 5) is 0. The van der Waals surface area contributed by atoms with E-state index in [9.17, 15) is 0 Å². The average molecular weight is 451 g/mol. The van der Waals surface area contributed by atoms with Crippen molar-refractivity contribution in [2.45, 2.75) is 12.8 Å². The van der Waals surface area contributed by atoms with Crippen molar-refractivity contribution in [2.24, 2.45) is 5.41 Å². The molecule has 2 aromatic rings. The molecular formula is C17H16Br2Cl2. The Balaban J connectivity index is 2.19. The van der Waals surface area contributed by atoms with Crippen LogP contribution in [0.1, 0.15) is 11.1 Å². The van der Waals surface area contributed by atoms with Gasteiger partial charge in [-0.1, -0.05) is 79.3 Å². The minimum atomic E-state index is 0.127. The smallest absolute Gasteiger partial charge is 0.0406 e. The lowest BCUT2D eigenvalue weighted by Crippen LogP contribution is -2.30. The fourth-order valence-corrected chi connectivity index (χ4v) is 4.33. The summed E-state index contributed by atoms with van der Waals surface area (Å²) in [6.45, 7) is 0. The average Bonchev–Trinajstić information content (AvgIpc) is 2.51. The SMILES string of the molecule is Clc1ccc(CC(CBr)(CBr)Cc2ccc(Cl)cc2)cc1. The third-order valence-electron chi connectivity index (χ3n) is 3.55. The van der Waals surface area contributed by atoms with Crippen molar-refractivity contribution in [1.82, 2.24) is 0 Å². The minimum absolute atomic E-state index is 0.127. The molecule has 0 fully saturated rings. The van der Waals surface area contributed by atoms with E-state index >= 15 is 0 Å². The van der Waals surface area contributed by atoms with Gasteiger partial charge in [0.25, 0.3) is 0 Å². The van der Waals surface area contributed by atoms with Crippen LogP contribution in [0.2, 0.25) is 10.0 Å². The zero-order chi connectivity index (χ0) is 15.3. The Labute approximate surface area is 153 Å². The first-order chi connectivity index (χ1) is 10.1. The van der Waals surface area contributed by atoms with Gasteiger partial charge in [-0.05, 0) is 53.6 Å². The highest BCUT2D eigenvalue weighted by atomic mass is 79.9. The van der Waals surface area contributed by atoms with Crippen LogP contribution in [0.15, 0.2) is 48.5 Å². The van der Waals surface area contributed by atoms with Crippen LogP contribution < -0.4 is 0 Å². The van der Waals surface area contributed by atoms with E-state index < -0.39 is 0 Å². The minimum Gasteiger partial charge on any atom is -0.0921 e. The molecule has 0 radical (unpaired) electrons. The summed E-state index contributed by atoms with van der Waals surface area (Å²) in [7, 11) is 0. The van der Waals surface area contributed by atoms with Crippen LogP contribution in [0.5, 0.6) is 0 Å². The fourth-order valence-electron chi connectivity index (χ4n) is 2.36. The van der Waals surface area contributed by atoms with E-state index in [2.05, 4.69) is 56.1 Å². The topological polar surface area (TPSA) is 0 Å². The molecule has 21 heavy (non-hydrogen) atoms. The van der Waals surface area contributed by atoms with E-state index in [1.165, 1.54) is 11.1 Å². The Morgan fingerprint density at radius 1 is 0.667 bits per heavy atom. The first-order valence-corrected chi connectivity index (χ1v) is 9.68. The maximum atomic E-state index is 5.96. The van der Waals surface area contributed by atoms with E-state index in [4.69, 9.17) is 23.2 Å². The largest absolute Gasteiger partial charge is 0.0921 e. The second kappa shape index (κ2) is 8.01. The lowest BCUT2D eigenvalue weighted by molar-refractivity contribution is 0.386. The van der Waals surface area contributed by atoms with Crippen LogP contribution in [-0.4, -0.2) is 10.7 Å². The highest BCUT2D eigenvalue weighted by Crippen LogP contribution is 2.33. The Morgan fingerprint density at radius 2 is 1.00 bits per heavy atom. The molecule has 2 aromatic carbocycles. The molecule has 0 aliphatic carbocycles. The molecule has 0 atom stereocenters. The molecule has 2 rings (SSSR count). The molecule has 0 bridgehead atoms. The van der Waals surface area contributed by atoms with Gasteiger partial charge >= 0.3 is 0 Å². The summed E-state index contributed by atoms with van der Waals surface area (Å²) in [5.41, 5.74) is 2.72. The van der Waals surface area contributed by atoms with Crippen molar-refractivity contribution in [1.29, 1.82) is 0 Å². The number of benzene rings is 2. The lowest BCUT2D eigenvalue weighted by Gasteiger charge is -2.30. The summed E-state index contributed by atoms with van der Waals surface area (Å²) in [6, 6.07) is 16.2. The fraction of sp³-hybridized carbons (Fsp3) is 0.294. The number of alkyl halides is 2. The van der Waals surface area contributed by atoms with Gasteiger partial charge in [0, 0.05) is 20.7 Å². The van der Waals surface area contributed by atoms with Crippen molar-refractivity contribution >= 4 is 55.1 Å². The van der Waals surface area contributed by atoms with Crippen LogP contribution in [0.4, 0.5) is 0 Å². The second-order valence-corrected chi connectivity index (χ2v) is 7.37. The van der Waals surface area contributed by atoms with E-state index in [-0.39, 0.29) is 5.41 Å². The standard InChI is InChI=1S/C17H16Br2Cl2/c18-11-17(12-19,9-13-1-5-15(20)6-2-13)10-14-3-7-16(21)8-4-14/h1-8H,9-12H2. The molecule has 4 heteroatoms. The molecule has 0 aliphatic heterocycles. The normalized spacial score (nSPS) is 11.6. The molecule has 0 nitrogen and oxygen atoms in total. The first kappa shape index (κ1) is 17.3. The van der Waals surface area contributed by atoms with Gasteiger partial charge < -0.3 is 0 Å². The second-order valence-electron chi connectivity index (χ2n) is 5.37. The van der Waals surface area contributed by atoms with Gasteiger partial charge in [-0.25, -0.2) is 0 Å². The molecule has 0 saturated carbocycles. The molecule has 0 unspecified atom stereocenters. The zero-order valence-corrected chi connectivity index (χ0v) is 16.1. The van der Waals surface area contributed by atoms with Gasteiger partial charge in [0.05, 0.1) is 0 Å². The van der Waals surface area contributed by atoms with Gasteiger partial charge in [0.2, 0.25) is 0 Å². The van der Waals surface area contributed by atoms with Crippen molar-refractivity contribution in [3.8, 4) is 0 Å². The number of hydrogen-bond acceptors (Lipinski definition) is 0. The van der Waals surface area contributed by atoms with E-state index in [0.29, 0.717) is 0 Å². The van der Waals surface area contributed by atoms with Gasteiger partial charge in [-0.15, -0.1) is 0 Å². The van der Waals surface area contributed by atoms with Gasteiger partial charge in [-0.2, -0.15) is 0 Å². The summed E-state index contributed by atoms with van der Waals surface area (Å²) in [5.74, 6) is 0. The molecule has 0 spiro atoms. The van der Waals surface area contributed by atoms with Crippen LogP contribution in [0.25, 0.3) is 0 Å². The number of halogens is 4. The molecular weight excluding hydrogens is 435 g/mol. The number of rotatable bonds is 6. The Bertz CT molecular complexity index is 511. The summed E-state index contributed by atoms with van der Waals surface area (Å²) in [5, 5.41) is 3.41. The van der Waals surface area contributed by atoms with Gasteiger partial charge in [-0.3, -0.25) is 0 Å². The van der Waals surface area contributed by atoms with Crippen LogP contribution in [0.3, 0.4) is 0 Å². The van der Waals surface area contributed by atoms with Gasteiger partial charge in [0.1, 0.15) is 0 Å². The number of hydrogen-bond donors (Lipinski definition) is 0. The monoisotopic (exact) mass is 448 g/mol. The van der Waals surface area contributed by atoms with Crippen molar-refractivity contribution in [3.63, 3.8) is 0 Å². The zero-order valence-electron chi connectivity index (χ0n) is 11.5. The Morgan fingerprint density at radius 3 is 1.29 bits per heavy atom. The molecule has 0 aromatic heterocycles. The maximum Gasteiger partial charge on any atom is 0.0406 e. The van der Waals surface area contributed by atoms with Crippen molar-refractivity contribution in [3.05, 3.63) is 69.7 Å². The third-order valence-corrected chi connectivity index (χ3v) is 6.43. The van der Waals surface area contributed by atoms with Crippen molar-refractivity contribution in [2.75, 3.05) is 10.7 Å². The third kappa shape index (κ3) is 4.99. The van der Waals surface area contributed by atoms with E-state index in [0.717, 1.165) is 33.5 Å². The van der Waals surface area contributed by atoms with Crippen molar-refractivity contribution < 1.29 is 0 Å². The predicted octanol–water partition coefficient (Wildman–Crippen LogP) is 6.55. The Hall–Kier alpha value is -0.0200. The summed E-state index contributed by atoms with van der Waals surface area (Å²) in [6.07, 6.45) is 1.98. The predicted molar refractivity (Wildman–Crippen MR) is 100 cm³/mol. The molecule has 0 aliphatic rings. The highest BCUT2D eigenvalue weighted by Gasteiger charge is 2.28. The van der Waals surface area contributed by atoms with Crippen LogP contribution in [0, 0.1) is 5.41 Å². The maximum absolute atomic E-state index is 5.96. The quantitative estimate of drug-likeness (QED) is 0.437. The summed E-state index contributed by atoms with van der Waals surface area (Å²) >= 11 is 19.3. The molecule has 0 saturated heterocycles. The van der Waals surface area contributed by atoms with Crippen LogP contribution >= 0.6 is 55.1 Å². The van der Waals surface area contributed by atoms with Crippen LogP contribution in [-0.2, 0) is 12.8 Å². The summed E-state index contributed by atoms with van der Waals surface area (Å²) < 4.78 is 0. The highest BCUT2D eigenvalue weighted by molar-refractivity contribution is 9.09. The Kier molecular flexibility index (Phi) is 6.61. The lowest BCUT2D eigenvalue weighted by atomic mass is 9.80. The molecule has 0 amide bonds. The van der Waals surface area contributed by atoms with E-state index in [1.807, 2.05) is 24.3 Å². The van der Waals surface area contributed by atoms with E-state index in [1.54, 1.807) is 0 Å².